The Bertz CT molecular complexity index is 641. The fraction of sp³-hybridized carbons (Fsp3) is 0.682. The van der Waals surface area contributed by atoms with E-state index in [4.69, 9.17) is 9.47 Å². The molecule has 150 valence electrons. The van der Waals surface area contributed by atoms with Crippen molar-refractivity contribution in [3.8, 4) is 11.5 Å². The summed E-state index contributed by atoms with van der Waals surface area (Å²) in [5.41, 5.74) is 0.452. The Morgan fingerprint density at radius 1 is 1.30 bits per heavy atom. The van der Waals surface area contributed by atoms with Gasteiger partial charge in [0.15, 0.2) is 0 Å². The van der Waals surface area contributed by atoms with E-state index in [0.29, 0.717) is 30.2 Å². The number of ether oxygens (including phenoxy) is 2. The Labute approximate surface area is 162 Å². The maximum Gasteiger partial charge on any atom is 0.257 e. The molecule has 1 aliphatic carbocycles. The lowest BCUT2D eigenvalue weighted by atomic mass is 9.83. The number of carbonyl (C=O) groups is 1. The van der Waals surface area contributed by atoms with E-state index < -0.39 is 0 Å². The van der Waals surface area contributed by atoms with Crippen LogP contribution in [0.5, 0.6) is 11.5 Å². The monoisotopic (exact) mass is 375 g/mol. The first kappa shape index (κ1) is 20.0. The molecule has 1 aromatic carbocycles. The van der Waals surface area contributed by atoms with Crippen molar-refractivity contribution < 1.29 is 19.4 Å². The first-order valence-corrected chi connectivity index (χ1v) is 10.4. The molecule has 0 aromatic heterocycles. The van der Waals surface area contributed by atoms with Gasteiger partial charge in [-0.1, -0.05) is 19.8 Å². The van der Waals surface area contributed by atoms with Gasteiger partial charge in [0.25, 0.3) is 5.91 Å². The molecular formula is C22H33NO4. The summed E-state index contributed by atoms with van der Waals surface area (Å²) < 4.78 is 11.6. The summed E-state index contributed by atoms with van der Waals surface area (Å²) in [6.45, 7) is 3.57. The molecule has 1 atom stereocenters. The summed E-state index contributed by atoms with van der Waals surface area (Å²) >= 11 is 0. The third-order valence-corrected chi connectivity index (χ3v) is 6.11. The molecule has 1 unspecified atom stereocenters. The summed E-state index contributed by atoms with van der Waals surface area (Å²) in [6, 6.07) is 5.48. The van der Waals surface area contributed by atoms with Crippen molar-refractivity contribution in [3.05, 3.63) is 23.8 Å². The molecular weight excluding hydrogens is 342 g/mol. The predicted molar refractivity (Wildman–Crippen MR) is 105 cm³/mol. The van der Waals surface area contributed by atoms with Crippen LogP contribution in [0.3, 0.4) is 0 Å². The van der Waals surface area contributed by atoms with Gasteiger partial charge in [0.2, 0.25) is 0 Å². The van der Waals surface area contributed by atoms with E-state index in [2.05, 4.69) is 6.92 Å². The maximum absolute atomic E-state index is 13.2. The fourth-order valence-corrected chi connectivity index (χ4v) is 4.49. The van der Waals surface area contributed by atoms with E-state index in [1.54, 1.807) is 7.11 Å². The zero-order chi connectivity index (χ0) is 19.3. The Morgan fingerprint density at radius 2 is 2.07 bits per heavy atom. The molecule has 0 bridgehead atoms. The van der Waals surface area contributed by atoms with Crippen LogP contribution >= 0.6 is 0 Å². The van der Waals surface area contributed by atoms with Gasteiger partial charge < -0.3 is 19.5 Å². The molecule has 5 nitrogen and oxygen atoms in total. The number of hydrogen-bond acceptors (Lipinski definition) is 4. The van der Waals surface area contributed by atoms with Gasteiger partial charge in [-0.15, -0.1) is 0 Å². The standard InChI is InChI=1S/C22H33NO4/c1-3-11-22(16-24)12-13-23(15-22)21(25)19-10-9-18(26-2)14-20(19)27-17-7-5-4-6-8-17/h9-10,14,17,24H,3-8,11-13,15-16H2,1-2H3. The third-order valence-electron chi connectivity index (χ3n) is 6.11. The van der Waals surface area contributed by atoms with Crippen LogP contribution in [0.4, 0.5) is 0 Å². The number of nitrogens with zero attached hydrogens (tertiary/aromatic N) is 1. The van der Waals surface area contributed by atoms with E-state index in [1.165, 1.54) is 19.3 Å². The number of carbonyl (C=O) groups excluding carboxylic acids is 1. The minimum absolute atomic E-state index is 0.00473. The first-order chi connectivity index (χ1) is 13.1. The lowest BCUT2D eigenvalue weighted by Gasteiger charge is -2.28. The van der Waals surface area contributed by atoms with Crippen LogP contribution in [0, 0.1) is 5.41 Å². The summed E-state index contributed by atoms with van der Waals surface area (Å²) in [5, 5.41) is 9.88. The van der Waals surface area contributed by atoms with Crippen molar-refractivity contribution >= 4 is 5.91 Å². The minimum Gasteiger partial charge on any atom is -0.497 e. The number of benzene rings is 1. The van der Waals surface area contributed by atoms with Crippen LogP contribution in [-0.4, -0.2) is 48.8 Å². The van der Waals surface area contributed by atoms with Crippen LogP contribution in [-0.2, 0) is 0 Å². The molecule has 5 heteroatoms. The molecule has 1 amide bonds. The number of hydrogen-bond donors (Lipinski definition) is 1. The molecule has 2 aliphatic rings. The molecule has 1 saturated heterocycles. The van der Waals surface area contributed by atoms with Gasteiger partial charge in [-0.3, -0.25) is 4.79 Å². The molecule has 0 radical (unpaired) electrons. The minimum atomic E-state index is -0.152. The predicted octanol–water partition coefficient (Wildman–Crippen LogP) is 4.03. The second kappa shape index (κ2) is 8.96. The smallest absolute Gasteiger partial charge is 0.257 e. The van der Waals surface area contributed by atoms with Gasteiger partial charge in [-0.2, -0.15) is 0 Å². The lowest BCUT2D eigenvalue weighted by Crippen LogP contribution is -2.34. The van der Waals surface area contributed by atoms with Crippen molar-refractivity contribution in [2.75, 3.05) is 26.8 Å². The highest BCUT2D eigenvalue weighted by Crippen LogP contribution is 2.37. The van der Waals surface area contributed by atoms with E-state index >= 15 is 0 Å². The lowest BCUT2D eigenvalue weighted by molar-refractivity contribution is 0.0719. The molecule has 1 heterocycles. The third kappa shape index (κ3) is 4.57. The highest BCUT2D eigenvalue weighted by Gasteiger charge is 2.39. The molecule has 2 fully saturated rings. The molecule has 1 N–H and O–H groups in total. The van der Waals surface area contributed by atoms with Gasteiger partial charge in [0.05, 0.1) is 25.4 Å². The van der Waals surface area contributed by atoms with E-state index in [-0.39, 0.29) is 24.0 Å². The second-order valence-electron chi connectivity index (χ2n) is 8.12. The van der Waals surface area contributed by atoms with Gasteiger partial charge in [-0.25, -0.2) is 0 Å². The fourth-order valence-electron chi connectivity index (χ4n) is 4.49. The van der Waals surface area contributed by atoms with E-state index in [9.17, 15) is 9.90 Å². The quantitative estimate of drug-likeness (QED) is 0.782. The first-order valence-electron chi connectivity index (χ1n) is 10.4. The van der Waals surface area contributed by atoms with Crippen LogP contribution in [0.2, 0.25) is 0 Å². The van der Waals surface area contributed by atoms with Crippen molar-refractivity contribution in [2.45, 2.75) is 64.4 Å². The Hall–Kier alpha value is -1.75. The number of methoxy groups -OCH3 is 1. The number of aliphatic hydroxyl groups excluding tert-OH is 1. The Balaban J connectivity index is 1.79. The van der Waals surface area contributed by atoms with Gasteiger partial charge in [0.1, 0.15) is 11.5 Å². The number of rotatable bonds is 7. The molecule has 1 aliphatic heterocycles. The Morgan fingerprint density at radius 3 is 2.74 bits per heavy atom. The average molecular weight is 376 g/mol. The van der Waals surface area contributed by atoms with Crippen molar-refractivity contribution in [1.82, 2.24) is 4.90 Å². The molecule has 3 rings (SSSR count). The van der Waals surface area contributed by atoms with Crippen molar-refractivity contribution in [2.24, 2.45) is 5.41 Å². The van der Waals surface area contributed by atoms with Crippen molar-refractivity contribution in [3.63, 3.8) is 0 Å². The van der Waals surface area contributed by atoms with E-state index in [0.717, 1.165) is 32.1 Å². The maximum atomic E-state index is 13.2. The van der Waals surface area contributed by atoms with Crippen molar-refractivity contribution in [1.29, 1.82) is 0 Å². The summed E-state index contributed by atoms with van der Waals surface area (Å²) in [7, 11) is 1.63. The van der Waals surface area contributed by atoms with Gasteiger partial charge in [0, 0.05) is 24.6 Å². The zero-order valence-corrected chi connectivity index (χ0v) is 16.7. The van der Waals surface area contributed by atoms with Crippen LogP contribution in [0.25, 0.3) is 0 Å². The average Bonchev–Trinajstić information content (AvgIpc) is 3.13. The SMILES string of the molecule is CCCC1(CO)CCN(C(=O)c2ccc(OC)cc2OC2CCCCC2)C1. The van der Waals surface area contributed by atoms with Crippen LogP contribution in [0.1, 0.15) is 68.6 Å². The normalized spacial score (nSPS) is 23.4. The molecule has 1 saturated carbocycles. The summed E-state index contributed by atoms with van der Waals surface area (Å²) in [6.07, 6.45) is 8.70. The van der Waals surface area contributed by atoms with Crippen LogP contribution < -0.4 is 9.47 Å². The summed E-state index contributed by atoms with van der Waals surface area (Å²) in [4.78, 5) is 15.1. The van der Waals surface area contributed by atoms with Crippen LogP contribution in [0.15, 0.2) is 18.2 Å². The largest absolute Gasteiger partial charge is 0.497 e. The highest BCUT2D eigenvalue weighted by atomic mass is 16.5. The second-order valence-corrected chi connectivity index (χ2v) is 8.12. The number of aliphatic hydroxyl groups is 1. The topological polar surface area (TPSA) is 59.0 Å². The zero-order valence-electron chi connectivity index (χ0n) is 16.7. The van der Waals surface area contributed by atoms with Gasteiger partial charge >= 0.3 is 0 Å². The van der Waals surface area contributed by atoms with Gasteiger partial charge in [-0.05, 0) is 50.7 Å². The molecule has 27 heavy (non-hydrogen) atoms. The van der Waals surface area contributed by atoms with E-state index in [1.807, 2.05) is 23.1 Å². The molecule has 0 spiro atoms. The molecule has 1 aromatic rings. The number of likely N-dealkylation sites (tertiary alicyclic amines) is 1. The number of amides is 1. The summed E-state index contributed by atoms with van der Waals surface area (Å²) in [5.74, 6) is 1.33. The highest BCUT2D eigenvalue weighted by molar-refractivity contribution is 5.97. The Kier molecular flexibility index (Phi) is 6.64.